The van der Waals surface area contributed by atoms with Crippen molar-refractivity contribution in [1.82, 2.24) is 9.13 Å². The molecule has 0 spiro atoms. The number of thiophene rings is 1. The van der Waals surface area contributed by atoms with Crippen LogP contribution in [0.15, 0.2) is 218 Å². The quantitative estimate of drug-likeness (QED) is 0.117. The van der Waals surface area contributed by atoms with E-state index in [9.17, 15) is 15.1 Å². The van der Waals surface area contributed by atoms with Gasteiger partial charge >= 0.3 is 0 Å². The zero-order valence-corrected chi connectivity index (χ0v) is 31.8. The third kappa shape index (κ3) is 4.70. The maximum absolute atomic E-state index is 10.5. The van der Waals surface area contributed by atoms with Gasteiger partial charge in [-0.15, -0.1) is 11.3 Å². The van der Waals surface area contributed by atoms with Crippen LogP contribution in [0.5, 0.6) is 0 Å². The van der Waals surface area contributed by atoms with Crippen molar-refractivity contribution in [3.05, 3.63) is 218 Å². The normalized spacial score (nSPS) is 17.2. The first-order valence-corrected chi connectivity index (χ1v) is 21.0. The first kappa shape index (κ1) is 18.5. The molecule has 0 amide bonds. The van der Waals surface area contributed by atoms with E-state index in [1.165, 1.54) is 0 Å². The van der Waals surface area contributed by atoms with Crippen LogP contribution in [0.2, 0.25) is 0 Å². The fraction of sp³-hybridized carbons (Fsp3) is 0. The maximum Gasteiger partial charge on any atom is 0.179 e. The molecule has 0 saturated heterocycles. The van der Waals surface area contributed by atoms with Crippen LogP contribution in [0.25, 0.3) is 75.2 Å². The van der Waals surface area contributed by atoms with Crippen LogP contribution in [0.3, 0.4) is 0 Å². The van der Waals surface area contributed by atoms with Crippen molar-refractivity contribution < 1.29 is 28.8 Å². The number of hydrogen-bond acceptors (Lipinski definition) is 1. The Bertz CT molecular complexity index is 4530. The molecule has 3 aromatic heterocycles. The second-order valence-electron chi connectivity index (χ2n) is 13.6. The Labute approximate surface area is 370 Å². The highest BCUT2D eigenvalue weighted by atomic mass is 32.1. The van der Waals surface area contributed by atoms with Gasteiger partial charge in [-0.2, -0.15) is 0 Å². The maximum atomic E-state index is 10.5. The molecular weight excluding hydrogens is 737 g/mol. The van der Waals surface area contributed by atoms with Crippen molar-refractivity contribution in [3.8, 4) is 11.4 Å². The molecule has 12 rings (SSSR count). The minimum absolute atomic E-state index is 0.0433. The van der Waals surface area contributed by atoms with Crippen LogP contribution in [0.1, 0.15) is 28.8 Å². The highest BCUT2D eigenvalue weighted by Gasteiger charge is 2.41. The highest BCUT2D eigenvalue weighted by Crippen LogP contribution is 2.47. The van der Waals surface area contributed by atoms with E-state index in [4.69, 9.17) is 13.7 Å². The minimum atomic E-state index is -3.89. The van der Waals surface area contributed by atoms with Gasteiger partial charge in [0.15, 0.2) is 8.07 Å². The first-order chi connectivity index (χ1) is 37.5. The standard InChI is InChI=1S/C54H36N2SSi/c1-4-18-38(19-5-1)58(39-20-6-2-7-21-39,40-22-8-3-9-23-40)41-34-32-37(33-35-41)55-47-28-14-12-26-44(47)46-36-50(54-52(53(46)55)45-27-13-17-31-51(45)57-54)56-48-29-15-10-24-42(48)43-25-11-16-30-49(43)56/h1-36H/i10D,11D,12D,13D,14D,15D,16D,17D,24D,25D,26D,27D,28D,29D,30D,31D,32D,33D,34D,35D,36D. The molecule has 0 fully saturated rings. The Morgan fingerprint density at radius 1 is 0.414 bits per heavy atom. The largest absolute Gasteiger partial charge is 0.309 e. The Morgan fingerprint density at radius 3 is 1.40 bits per heavy atom. The summed E-state index contributed by atoms with van der Waals surface area (Å²) in [6.07, 6.45) is 0. The van der Waals surface area contributed by atoms with Crippen LogP contribution in [0.4, 0.5) is 0 Å². The lowest BCUT2D eigenvalue weighted by Gasteiger charge is -2.34. The van der Waals surface area contributed by atoms with E-state index < -0.39 is 174 Å². The fourth-order valence-electron chi connectivity index (χ4n) is 8.37. The van der Waals surface area contributed by atoms with Crippen molar-refractivity contribution in [2.24, 2.45) is 0 Å². The summed E-state index contributed by atoms with van der Waals surface area (Å²) in [6, 6.07) is 12.9. The molecule has 0 radical (unpaired) electrons. The molecular formula is C54H36N2SSi. The molecule has 0 unspecified atom stereocenters. The second-order valence-corrected chi connectivity index (χ2v) is 18.4. The molecule has 0 atom stereocenters. The van der Waals surface area contributed by atoms with E-state index in [0.717, 1.165) is 9.13 Å². The molecule has 0 saturated carbocycles. The van der Waals surface area contributed by atoms with Crippen LogP contribution < -0.4 is 20.7 Å². The average molecular weight is 794 g/mol. The zero-order valence-electron chi connectivity index (χ0n) is 51.0. The van der Waals surface area contributed by atoms with E-state index in [0.29, 0.717) is 26.9 Å². The summed E-state index contributed by atoms with van der Waals surface area (Å²) >= 11 is 0.694. The molecule has 9 aromatic carbocycles. The van der Waals surface area contributed by atoms with Gasteiger partial charge in [-0.3, -0.25) is 0 Å². The van der Waals surface area contributed by atoms with Gasteiger partial charge in [0.25, 0.3) is 0 Å². The van der Waals surface area contributed by atoms with Crippen molar-refractivity contribution in [2.75, 3.05) is 0 Å². The third-order valence-corrected chi connectivity index (χ3v) is 16.4. The van der Waals surface area contributed by atoms with Crippen molar-refractivity contribution >= 4 is 104 Å². The number of rotatable bonds is 6. The molecule has 0 aliphatic heterocycles. The van der Waals surface area contributed by atoms with Gasteiger partial charge in [-0.1, -0.05) is 176 Å². The van der Waals surface area contributed by atoms with Crippen LogP contribution >= 0.6 is 11.3 Å². The summed E-state index contributed by atoms with van der Waals surface area (Å²) in [5, 5.41) is 0.187. The molecule has 0 bridgehead atoms. The average Bonchev–Trinajstić information content (AvgIpc) is 3.65. The molecule has 0 aliphatic carbocycles. The first-order valence-electron chi connectivity index (χ1n) is 28.7. The number of nitrogens with zero attached hydrogens (tertiary/aromatic N) is 2. The van der Waals surface area contributed by atoms with Gasteiger partial charge in [0.1, 0.15) is 0 Å². The van der Waals surface area contributed by atoms with E-state index in [-0.39, 0.29) is 41.6 Å². The van der Waals surface area contributed by atoms with Crippen molar-refractivity contribution in [2.45, 2.75) is 0 Å². The summed E-state index contributed by atoms with van der Waals surface area (Å²) in [5.41, 5.74) is -2.56. The van der Waals surface area contributed by atoms with E-state index in [1.807, 2.05) is 91.0 Å². The summed E-state index contributed by atoms with van der Waals surface area (Å²) in [5.74, 6) is 0. The number of para-hydroxylation sites is 3. The van der Waals surface area contributed by atoms with Crippen LogP contribution in [0, 0.1) is 0 Å². The third-order valence-electron chi connectivity index (χ3n) is 10.7. The lowest BCUT2D eigenvalue weighted by atomic mass is 10.1. The van der Waals surface area contributed by atoms with Gasteiger partial charge in [0, 0.05) is 42.7 Å². The van der Waals surface area contributed by atoms with Gasteiger partial charge in [-0.05, 0) is 63.0 Å². The summed E-state index contributed by atoms with van der Waals surface area (Å²) in [4.78, 5) is 0. The lowest BCUT2D eigenvalue weighted by molar-refractivity contribution is 1.18. The van der Waals surface area contributed by atoms with Gasteiger partial charge < -0.3 is 9.13 Å². The monoisotopic (exact) mass is 793 g/mol. The smallest absolute Gasteiger partial charge is 0.179 e. The number of benzene rings is 9. The molecule has 0 aliphatic rings. The van der Waals surface area contributed by atoms with Crippen LogP contribution in [-0.2, 0) is 0 Å². The Morgan fingerprint density at radius 2 is 0.862 bits per heavy atom. The minimum Gasteiger partial charge on any atom is -0.309 e. The molecule has 4 heteroatoms. The fourth-order valence-corrected chi connectivity index (χ4v) is 13.9. The van der Waals surface area contributed by atoms with Crippen LogP contribution in [-0.4, -0.2) is 17.2 Å². The molecule has 12 aromatic rings. The highest BCUT2D eigenvalue weighted by molar-refractivity contribution is 7.26. The molecule has 272 valence electrons. The van der Waals surface area contributed by atoms with Gasteiger partial charge in [0.05, 0.1) is 61.2 Å². The molecule has 2 nitrogen and oxygen atoms in total. The number of aromatic nitrogens is 2. The Balaban J connectivity index is 1.38. The number of fused-ring (bicyclic) bond motifs is 10. The molecule has 58 heavy (non-hydrogen) atoms. The molecule has 0 N–H and O–H groups in total. The van der Waals surface area contributed by atoms with Crippen molar-refractivity contribution in [1.29, 1.82) is 0 Å². The van der Waals surface area contributed by atoms with E-state index >= 15 is 0 Å². The predicted octanol–water partition coefficient (Wildman–Crippen LogP) is 11.6. The Kier molecular flexibility index (Phi) is 4.16. The summed E-state index contributed by atoms with van der Waals surface area (Å²) < 4.78 is 199. The summed E-state index contributed by atoms with van der Waals surface area (Å²) in [6.45, 7) is 0. The molecule has 3 heterocycles. The lowest BCUT2D eigenvalue weighted by Crippen LogP contribution is -2.74. The van der Waals surface area contributed by atoms with Crippen molar-refractivity contribution in [3.63, 3.8) is 0 Å². The topological polar surface area (TPSA) is 9.86 Å². The van der Waals surface area contributed by atoms with E-state index in [2.05, 4.69) is 0 Å². The SMILES string of the molecule is [2H]c1c([2H])c([Si](c2ccccc2)(c2ccccc2)c2ccccc2)c([2H])c([2H])c1-n1c2c([2H])c([2H])c([2H])c([2H])c2c2c([2H])c(-n3c4c([2H])c([2H])c([2H])c([2H])c4c4c([2H])c([2H])c([2H])c([2H])c43)c3sc4c([2H])c([2H])c([2H])c([2H])c4c3c21. The second kappa shape index (κ2) is 13.0. The van der Waals surface area contributed by atoms with Gasteiger partial charge in [-0.25, -0.2) is 0 Å². The van der Waals surface area contributed by atoms with E-state index in [1.54, 1.807) is 0 Å². The Hall–Kier alpha value is -6.98. The summed E-state index contributed by atoms with van der Waals surface area (Å²) in [7, 11) is -3.89. The zero-order chi connectivity index (χ0) is 56.5. The predicted molar refractivity (Wildman–Crippen MR) is 252 cm³/mol. The number of hydrogen-bond donors (Lipinski definition) is 0. The van der Waals surface area contributed by atoms with Gasteiger partial charge in [0.2, 0.25) is 0 Å².